The van der Waals surface area contributed by atoms with E-state index in [-0.39, 0.29) is 23.6 Å². The number of carboxylic acid groups (broad SMARTS) is 1. The molecule has 0 unspecified atom stereocenters. The standard InChI is InChI=1S/C18H15NO6/c1-24-14-8-10(18(22)23)7-11(15(14)25-2)9-19-16(20)12-5-3-4-6-13(12)17(19)21/h3-8H,9H2,1-2H3,(H,22,23)/p-1. The molecule has 0 fully saturated rings. The molecule has 0 saturated carbocycles. The van der Waals surface area contributed by atoms with Gasteiger partial charge in [-0.15, -0.1) is 0 Å². The van der Waals surface area contributed by atoms with Gasteiger partial charge in [-0.25, -0.2) is 0 Å². The maximum atomic E-state index is 12.5. The Morgan fingerprint density at radius 1 is 1.04 bits per heavy atom. The zero-order chi connectivity index (χ0) is 18.1. The summed E-state index contributed by atoms with van der Waals surface area (Å²) in [4.78, 5) is 37.2. The number of fused-ring (bicyclic) bond motifs is 1. The van der Waals surface area contributed by atoms with Crippen molar-refractivity contribution in [2.24, 2.45) is 0 Å². The zero-order valence-corrected chi connectivity index (χ0v) is 13.6. The number of methoxy groups -OCH3 is 2. The van der Waals surface area contributed by atoms with Gasteiger partial charge in [0.15, 0.2) is 11.5 Å². The van der Waals surface area contributed by atoms with Gasteiger partial charge in [0.1, 0.15) is 0 Å². The van der Waals surface area contributed by atoms with Gasteiger partial charge in [-0.2, -0.15) is 0 Å². The van der Waals surface area contributed by atoms with E-state index in [1.807, 2.05) is 0 Å². The highest BCUT2D eigenvalue weighted by atomic mass is 16.5. The molecule has 128 valence electrons. The summed E-state index contributed by atoms with van der Waals surface area (Å²) >= 11 is 0. The number of hydrogen-bond donors (Lipinski definition) is 0. The number of ether oxygens (including phenoxy) is 2. The lowest BCUT2D eigenvalue weighted by molar-refractivity contribution is -0.255. The highest BCUT2D eigenvalue weighted by molar-refractivity contribution is 6.21. The van der Waals surface area contributed by atoms with E-state index in [4.69, 9.17) is 9.47 Å². The first kappa shape index (κ1) is 16.5. The van der Waals surface area contributed by atoms with Crippen LogP contribution in [0, 0.1) is 0 Å². The molecule has 0 bridgehead atoms. The van der Waals surface area contributed by atoms with Crippen molar-refractivity contribution >= 4 is 17.8 Å². The molecule has 0 radical (unpaired) electrons. The Kier molecular flexibility index (Phi) is 4.14. The predicted octanol–water partition coefficient (Wildman–Crippen LogP) is 0.863. The van der Waals surface area contributed by atoms with Crippen LogP contribution < -0.4 is 14.6 Å². The largest absolute Gasteiger partial charge is 0.545 e. The van der Waals surface area contributed by atoms with E-state index in [1.54, 1.807) is 24.3 Å². The number of carboxylic acids is 1. The number of carbonyl (C=O) groups excluding carboxylic acids is 3. The summed E-state index contributed by atoms with van der Waals surface area (Å²) in [6, 6.07) is 9.07. The van der Waals surface area contributed by atoms with Gasteiger partial charge in [0.05, 0.1) is 37.9 Å². The van der Waals surface area contributed by atoms with Crippen LogP contribution in [0.25, 0.3) is 0 Å². The van der Waals surface area contributed by atoms with Crippen molar-refractivity contribution in [3.05, 3.63) is 58.7 Å². The highest BCUT2D eigenvalue weighted by Gasteiger charge is 2.35. The fraction of sp³-hybridized carbons (Fsp3) is 0.167. The summed E-state index contributed by atoms with van der Waals surface area (Å²) in [5, 5.41) is 11.2. The number of rotatable bonds is 5. The van der Waals surface area contributed by atoms with Gasteiger partial charge in [0.2, 0.25) is 0 Å². The maximum Gasteiger partial charge on any atom is 0.261 e. The van der Waals surface area contributed by atoms with Crippen molar-refractivity contribution in [1.82, 2.24) is 4.90 Å². The van der Waals surface area contributed by atoms with E-state index in [0.29, 0.717) is 16.7 Å². The Balaban J connectivity index is 2.04. The molecule has 1 aliphatic rings. The lowest BCUT2D eigenvalue weighted by Crippen LogP contribution is -2.30. The Bertz CT molecular complexity index is 854. The van der Waals surface area contributed by atoms with E-state index in [2.05, 4.69) is 0 Å². The molecule has 0 N–H and O–H groups in total. The molecule has 25 heavy (non-hydrogen) atoms. The van der Waals surface area contributed by atoms with Crippen LogP contribution in [0.15, 0.2) is 36.4 Å². The molecule has 3 rings (SSSR count). The average Bonchev–Trinajstić information content (AvgIpc) is 2.86. The van der Waals surface area contributed by atoms with Crippen LogP contribution in [0.5, 0.6) is 11.5 Å². The molecule has 0 aliphatic carbocycles. The second-order valence-electron chi connectivity index (χ2n) is 5.40. The molecule has 0 atom stereocenters. The second-order valence-corrected chi connectivity index (χ2v) is 5.40. The van der Waals surface area contributed by atoms with Crippen LogP contribution in [-0.4, -0.2) is 36.9 Å². The maximum absolute atomic E-state index is 12.5. The van der Waals surface area contributed by atoms with Crippen LogP contribution in [-0.2, 0) is 6.54 Å². The zero-order valence-electron chi connectivity index (χ0n) is 13.6. The van der Waals surface area contributed by atoms with Crippen molar-refractivity contribution < 1.29 is 29.0 Å². The minimum atomic E-state index is -1.40. The van der Waals surface area contributed by atoms with Crippen LogP contribution in [0.4, 0.5) is 0 Å². The van der Waals surface area contributed by atoms with Gasteiger partial charge >= 0.3 is 0 Å². The SMILES string of the molecule is COc1cc(C(=O)[O-])cc(CN2C(=O)c3ccccc3C2=O)c1OC. The van der Waals surface area contributed by atoms with Gasteiger partial charge in [0.25, 0.3) is 11.8 Å². The Hall–Kier alpha value is -3.35. The van der Waals surface area contributed by atoms with Crippen LogP contribution in [0.1, 0.15) is 36.6 Å². The second kappa shape index (κ2) is 6.27. The molecule has 0 aromatic heterocycles. The van der Waals surface area contributed by atoms with Crippen molar-refractivity contribution in [2.45, 2.75) is 6.54 Å². The summed E-state index contributed by atoms with van der Waals surface area (Å²) < 4.78 is 10.4. The van der Waals surface area contributed by atoms with Gasteiger partial charge in [0, 0.05) is 11.1 Å². The highest BCUT2D eigenvalue weighted by Crippen LogP contribution is 2.35. The molecule has 2 aromatic rings. The third-order valence-corrected chi connectivity index (χ3v) is 4.00. The number of hydrogen-bond acceptors (Lipinski definition) is 6. The summed E-state index contributed by atoms with van der Waals surface area (Å²) in [6.45, 7) is -0.146. The van der Waals surface area contributed by atoms with Gasteiger partial charge < -0.3 is 19.4 Å². The number of amides is 2. The Morgan fingerprint density at radius 3 is 2.12 bits per heavy atom. The van der Waals surface area contributed by atoms with Crippen molar-refractivity contribution in [1.29, 1.82) is 0 Å². The fourth-order valence-electron chi connectivity index (χ4n) is 2.83. The van der Waals surface area contributed by atoms with Crippen molar-refractivity contribution in [3.8, 4) is 11.5 Å². The smallest absolute Gasteiger partial charge is 0.261 e. The summed E-state index contributed by atoms with van der Waals surface area (Å²) in [7, 11) is 2.76. The first-order valence-corrected chi connectivity index (χ1v) is 7.39. The molecule has 7 heteroatoms. The van der Waals surface area contributed by atoms with Gasteiger partial charge in [-0.05, 0) is 24.3 Å². The first-order valence-electron chi connectivity index (χ1n) is 7.39. The van der Waals surface area contributed by atoms with E-state index in [0.717, 1.165) is 4.90 Å². The molecule has 0 saturated heterocycles. The molecule has 7 nitrogen and oxygen atoms in total. The molecule has 1 aliphatic heterocycles. The van der Waals surface area contributed by atoms with E-state index < -0.39 is 17.8 Å². The predicted molar refractivity (Wildman–Crippen MR) is 84.5 cm³/mol. The van der Waals surface area contributed by atoms with E-state index >= 15 is 0 Å². The summed E-state index contributed by atoms with van der Waals surface area (Å²) in [5.41, 5.74) is 0.823. The van der Waals surface area contributed by atoms with E-state index in [1.165, 1.54) is 26.4 Å². The third-order valence-electron chi connectivity index (χ3n) is 4.00. The Labute approximate surface area is 143 Å². The normalized spacial score (nSPS) is 13.0. The number of nitrogens with zero attached hydrogens (tertiary/aromatic N) is 1. The van der Waals surface area contributed by atoms with E-state index in [9.17, 15) is 19.5 Å². The lowest BCUT2D eigenvalue weighted by Gasteiger charge is -2.19. The topological polar surface area (TPSA) is 96.0 Å². The molecular weight excluding hydrogens is 326 g/mol. The number of carbonyl (C=O) groups is 3. The molecular formula is C18H14NO6-. The molecule has 1 heterocycles. The number of benzene rings is 2. The minimum Gasteiger partial charge on any atom is -0.545 e. The number of aromatic carboxylic acids is 1. The number of imide groups is 1. The summed E-state index contributed by atoms with van der Waals surface area (Å²) in [5.74, 6) is -1.86. The van der Waals surface area contributed by atoms with Crippen LogP contribution in [0.2, 0.25) is 0 Å². The van der Waals surface area contributed by atoms with Gasteiger partial charge in [-0.1, -0.05) is 12.1 Å². The van der Waals surface area contributed by atoms with Gasteiger partial charge in [-0.3, -0.25) is 14.5 Å². The Morgan fingerprint density at radius 2 is 1.64 bits per heavy atom. The third kappa shape index (κ3) is 2.69. The molecule has 0 spiro atoms. The first-order chi connectivity index (χ1) is 12.0. The molecule has 2 amide bonds. The summed E-state index contributed by atoms with van der Waals surface area (Å²) in [6.07, 6.45) is 0. The monoisotopic (exact) mass is 340 g/mol. The average molecular weight is 340 g/mol. The van der Waals surface area contributed by atoms with Crippen molar-refractivity contribution in [2.75, 3.05) is 14.2 Å². The van der Waals surface area contributed by atoms with Crippen molar-refractivity contribution in [3.63, 3.8) is 0 Å². The quantitative estimate of drug-likeness (QED) is 0.749. The van der Waals surface area contributed by atoms with Crippen LogP contribution in [0.3, 0.4) is 0 Å². The molecule has 2 aromatic carbocycles. The lowest BCUT2D eigenvalue weighted by atomic mass is 10.1. The minimum absolute atomic E-state index is 0.135. The van der Waals surface area contributed by atoms with Crippen LogP contribution >= 0.6 is 0 Å². The fourth-order valence-corrected chi connectivity index (χ4v) is 2.83.